The zero-order valence-electron chi connectivity index (χ0n) is 25.6. The van der Waals surface area contributed by atoms with Gasteiger partial charge in [-0.3, -0.25) is 0 Å². The van der Waals surface area contributed by atoms with E-state index in [4.69, 9.17) is 4.74 Å². The highest BCUT2D eigenvalue weighted by Crippen LogP contribution is 2.54. The van der Waals surface area contributed by atoms with Crippen molar-refractivity contribution in [2.75, 3.05) is 7.11 Å². The topological polar surface area (TPSA) is 79.3 Å². The summed E-state index contributed by atoms with van der Waals surface area (Å²) in [6.45, 7) is 8.26. The van der Waals surface area contributed by atoms with Crippen LogP contribution < -0.4 is 4.74 Å². The lowest BCUT2D eigenvalue weighted by atomic mass is 9.76. The average molecular weight is 574 g/mol. The molecule has 1 aliphatic carbocycles. The smallest absolute Gasteiger partial charge is 0.119 e. The maximum absolute atomic E-state index is 9.53. The fraction of sp³-hybridized carbons (Fsp3) is 0.297. The Hall–Kier alpha value is -4.58. The summed E-state index contributed by atoms with van der Waals surface area (Å²) in [5.74, 6) is 0.885. The largest absolute Gasteiger partial charge is 0.497 e. The molecule has 0 bridgehead atoms. The van der Waals surface area contributed by atoms with Crippen molar-refractivity contribution in [3.05, 3.63) is 95.1 Å². The summed E-state index contributed by atoms with van der Waals surface area (Å²) in [5.41, 5.74) is 11.2. The van der Waals surface area contributed by atoms with Crippen molar-refractivity contribution in [1.29, 1.82) is 0 Å². The van der Waals surface area contributed by atoms with Gasteiger partial charge in [0.25, 0.3) is 0 Å². The number of benzene rings is 4. The molecule has 0 amide bonds. The Labute approximate surface area is 252 Å². The molecule has 0 saturated carbocycles. The van der Waals surface area contributed by atoms with Crippen LogP contribution in [0, 0.1) is 0 Å². The van der Waals surface area contributed by atoms with Gasteiger partial charge in [-0.25, -0.2) is 0 Å². The first-order chi connectivity index (χ1) is 20.8. The van der Waals surface area contributed by atoms with Gasteiger partial charge in [0.15, 0.2) is 0 Å². The predicted octanol–water partition coefficient (Wildman–Crippen LogP) is 9.45. The standard InChI is InChI=1S/C37H39N3O3/c1-6-7-8-9-18-37(4)33-20-28(43-5)15-16-29(33)30-21-32-31-19-26(24(3)39-42)12-17-35(31)40(36(32)22-34(30)37)27-13-10-25(11-14-27)23(2)38-41/h10-17,19-22,41-42H,6-9,18H2,1-5H3/b38-23+,39-24-. The molecule has 6 heteroatoms. The summed E-state index contributed by atoms with van der Waals surface area (Å²) >= 11 is 0. The number of ether oxygens (including phenoxy) is 1. The van der Waals surface area contributed by atoms with Crippen molar-refractivity contribution in [3.8, 4) is 22.6 Å². The van der Waals surface area contributed by atoms with Crippen molar-refractivity contribution < 1.29 is 15.2 Å². The molecule has 1 aromatic heterocycles. The van der Waals surface area contributed by atoms with E-state index in [1.807, 2.05) is 25.1 Å². The van der Waals surface area contributed by atoms with Crippen LogP contribution in [-0.2, 0) is 5.41 Å². The lowest BCUT2D eigenvalue weighted by Crippen LogP contribution is -2.20. The van der Waals surface area contributed by atoms with Crippen LogP contribution in [-0.4, -0.2) is 33.5 Å². The molecule has 5 aromatic rings. The third-order valence-corrected chi connectivity index (χ3v) is 9.40. The predicted molar refractivity (Wildman–Crippen MR) is 176 cm³/mol. The average Bonchev–Trinajstić information content (AvgIpc) is 3.49. The summed E-state index contributed by atoms with van der Waals surface area (Å²) < 4.78 is 8.01. The third-order valence-electron chi connectivity index (χ3n) is 9.40. The van der Waals surface area contributed by atoms with Crippen molar-refractivity contribution in [2.45, 2.75) is 65.2 Å². The van der Waals surface area contributed by atoms with Crippen LogP contribution in [0.1, 0.15) is 82.1 Å². The number of hydrogen-bond acceptors (Lipinski definition) is 5. The van der Waals surface area contributed by atoms with E-state index in [2.05, 4.69) is 83.3 Å². The number of fused-ring (bicyclic) bond motifs is 6. The molecule has 0 radical (unpaired) electrons. The first kappa shape index (κ1) is 28.5. The number of rotatable bonds is 9. The van der Waals surface area contributed by atoms with Crippen LogP contribution in [0.15, 0.2) is 83.1 Å². The Bertz CT molecular complexity index is 1900. The van der Waals surface area contributed by atoms with E-state index in [0.29, 0.717) is 11.4 Å². The summed E-state index contributed by atoms with van der Waals surface area (Å²) in [6.07, 6.45) is 5.91. The first-order valence-electron chi connectivity index (χ1n) is 15.1. The van der Waals surface area contributed by atoms with Crippen molar-refractivity contribution >= 4 is 33.2 Å². The molecule has 220 valence electrons. The van der Waals surface area contributed by atoms with Gasteiger partial charge in [-0.15, -0.1) is 0 Å². The summed E-state index contributed by atoms with van der Waals surface area (Å²) in [6, 6.07) is 25.7. The third kappa shape index (κ3) is 4.66. The number of hydrogen-bond donors (Lipinski definition) is 2. The van der Waals surface area contributed by atoms with E-state index < -0.39 is 0 Å². The Morgan fingerprint density at radius 1 is 0.744 bits per heavy atom. The van der Waals surface area contributed by atoms with Gasteiger partial charge in [-0.05, 0) is 102 Å². The summed E-state index contributed by atoms with van der Waals surface area (Å²) in [4.78, 5) is 0. The molecule has 0 fully saturated rings. The number of oxime groups is 2. The highest BCUT2D eigenvalue weighted by molar-refractivity contribution is 6.14. The quantitative estimate of drug-likeness (QED) is 0.0798. The highest BCUT2D eigenvalue weighted by Gasteiger charge is 2.40. The molecule has 1 heterocycles. The minimum Gasteiger partial charge on any atom is -0.497 e. The SMILES string of the molecule is CCCCCCC1(C)c2cc(OC)ccc2-c2cc3c4cc(/C(C)=N\O)ccc4n(-c4ccc(/C(C)=N/O)cc4)c3cc21. The first-order valence-corrected chi connectivity index (χ1v) is 15.1. The van der Waals surface area contributed by atoms with Gasteiger partial charge in [0.1, 0.15) is 5.75 Å². The second-order valence-electron chi connectivity index (χ2n) is 12.0. The Morgan fingerprint density at radius 3 is 2.12 bits per heavy atom. The number of aromatic nitrogens is 1. The van der Waals surface area contributed by atoms with E-state index in [-0.39, 0.29) is 5.41 Å². The van der Waals surface area contributed by atoms with Crippen molar-refractivity contribution in [3.63, 3.8) is 0 Å². The van der Waals surface area contributed by atoms with Crippen LogP contribution in [0.25, 0.3) is 38.6 Å². The molecule has 43 heavy (non-hydrogen) atoms. The Kier molecular flexibility index (Phi) is 7.47. The normalized spacial score (nSPS) is 16.6. The van der Waals surface area contributed by atoms with Gasteiger partial charge in [-0.2, -0.15) is 0 Å². The van der Waals surface area contributed by atoms with Crippen LogP contribution in [0.4, 0.5) is 0 Å². The Morgan fingerprint density at radius 2 is 1.42 bits per heavy atom. The fourth-order valence-electron chi connectivity index (χ4n) is 6.88. The molecule has 6 rings (SSSR count). The molecule has 2 N–H and O–H groups in total. The van der Waals surface area contributed by atoms with E-state index in [0.717, 1.165) is 57.2 Å². The minimum absolute atomic E-state index is 0.147. The molecular weight excluding hydrogens is 534 g/mol. The van der Waals surface area contributed by atoms with Gasteiger partial charge >= 0.3 is 0 Å². The molecule has 1 aliphatic rings. The van der Waals surface area contributed by atoms with E-state index in [1.165, 1.54) is 41.5 Å². The van der Waals surface area contributed by atoms with Gasteiger partial charge in [0.05, 0.1) is 29.6 Å². The molecule has 1 unspecified atom stereocenters. The number of nitrogens with zero attached hydrogens (tertiary/aromatic N) is 3. The van der Waals surface area contributed by atoms with Gasteiger partial charge < -0.3 is 19.7 Å². The zero-order valence-corrected chi connectivity index (χ0v) is 25.6. The molecular formula is C37H39N3O3. The molecule has 0 aliphatic heterocycles. The van der Waals surface area contributed by atoms with Gasteiger partial charge in [0.2, 0.25) is 0 Å². The van der Waals surface area contributed by atoms with Crippen LogP contribution in [0.2, 0.25) is 0 Å². The van der Waals surface area contributed by atoms with E-state index in [9.17, 15) is 10.4 Å². The zero-order chi connectivity index (χ0) is 30.3. The van der Waals surface area contributed by atoms with E-state index >= 15 is 0 Å². The Balaban J connectivity index is 1.64. The maximum Gasteiger partial charge on any atom is 0.119 e. The van der Waals surface area contributed by atoms with Crippen LogP contribution >= 0.6 is 0 Å². The molecule has 1 atom stereocenters. The fourth-order valence-corrected chi connectivity index (χ4v) is 6.88. The molecule has 0 saturated heterocycles. The van der Waals surface area contributed by atoms with Crippen molar-refractivity contribution in [2.24, 2.45) is 10.3 Å². The number of methoxy groups -OCH3 is 1. The second-order valence-corrected chi connectivity index (χ2v) is 12.0. The highest BCUT2D eigenvalue weighted by atomic mass is 16.5. The lowest BCUT2D eigenvalue weighted by Gasteiger charge is -2.28. The van der Waals surface area contributed by atoms with Crippen molar-refractivity contribution in [1.82, 2.24) is 4.57 Å². The number of unbranched alkanes of at least 4 members (excludes halogenated alkanes) is 3. The molecule has 6 nitrogen and oxygen atoms in total. The van der Waals surface area contributed by atoms with Gasteiger partial charge in [-0.1, -0.05) is 74.1 Å². The summed E-state index contributed by atoms with van der Waals surface area (Å²) in [5, 5.41) is 27.9. The maximum atomic E-state index is 9.53. The summed E-state index contributed by atoms with van der Waals surface area (Å²) in [7, 11) is 1.74. The van der Waals surface area contributed by atoms with E-state index in [1.54, 1.807) is 14.0 Å². The van der Waals surface area contributed by atoms with Gasteiger partial charge in [0, 0.05) is 21.9 Å². The van der Waals surface area contributed by atoms with Crippen LogP contribution in [0.3, 0.4) is 0 Å². The monoisotopic (exact) mass is 573 g/mol. The minimum atomic E-state index is -0.147. The molecule has 4 aromatic carbocycles. The second kappa shape index (κ2) is 11.3. The lowest BCUT2D eigenvalue weighted by molar-refractivity contribution is 0.319. The van der Waals surface area contributed by atoms with Crippen LogP contribution in [0.5, 0.6) is 5.75 Å². The molecule has 0 spiro atoms.